The number of hydrogen-bond donors (Lipinski definition) is 3. The van der Waals surface area contributed by atoms with Gasteiger partial charge in [-0.25, -0.2) is 15.8 Å². The van der Waals surface area contributed by atoms with Crippen LogP contribution in [-0.2, 0) is 6.42 Å². The lowest BCUT2D eigenvalue weighted by molar-refractivity contribution is 0.616. The summed E-state index contributed by atoms with van der Waals surface area (Å²) in [7, 11) is 0. The number of nitrogens with two attached hydrogens (primary N) is 1. The zero-order chi connectivity index (χ0) is 14.6. The van der Waals surface area contributed by atoms with Crippen LogP contribution in [0.15, 0.2) is 6.33 Å². The first-order valence-electron chi connectivity index (χ1n) is 7.87. The number of aromatic nitrogens is 2. The van der Waals surface area contributed by atoms with E-state index in [4.69, 9.17) is 5.84 Å². The van der Waals surface area contributed by atoms with E-state index in [2.05, 4.69) is 34.6 Å². The summed E-state index contributed by atoms with van der Waals surface area (Å²) in [6, 6.07) is 0. The predicted octanol–water partition coefficient (Wildman–Crippen LogP) is 3.49. The molecule has 0 bridgehead atoms. The monoisotopic (exact) mass is 279 g/mol. The van der Waals surface area contributed by atoms with Gasteiger partial charge in [0.2, 0.25) is 0 Å². The Balaban J connectivity index is 2.39. The van der Waals surface area contributed by atoms with Crippen LogP contribution in [0.2, 0.25) is 0 Å². The Morgan fingerprint density at radius 3 is 2.35 bits per heavy atom. The second-order valence-corrected chi connectivity index (χ2v) is 5.14. The maximum absolute atomic E-state index is 5.50. The van der Waals surface area contributed by atoms with Crippen molar-refractivity contribution in [2.75, 3.05) is 17.3 Å². The minimum absolute atomic E-state index is 0.729. The van der Waals surface area contributed by atoms with Crippen LogP contribution in [-0.4, -0.2) is 16.5 Å². The third-order valence-electron chi connectivity index (χ3n) is 3.40. The SMILES string of the molecule is CCCCCCCCNc1ncnc(NN)c1CCC. The molecule has 1 rings (SSSR count). The average molecular weight is 279 g/mol. The molecule has 0 aromatic carbocycles. The Bertz CT molecular complexity index is 367. The number of hydrazine groups is 1. The normalized spacial score (nSPS) is 10.6. The molecule has 0 fully saturated rings. The fourth-order valence-corrected chi connectivity index (χ4v) is 2.29. The van der Waals surface area contributed by atoms with Crippen molar-refractivity contribution in [3.05, 3.63) is 11.9 Å². The van der Waals surface area contributed by atoms with Gasteiger partial charge in [-0.3, -0.25) is 0 Å². The standard InChI is InChI=1S/C15H29N5/c1-3-5-6-7-8-9-11-17-14-13(10-4-2)15(20-16)19-12-18-14/h12H,3-11,16H2,1-2H3,(H2,17,18,19,20). The van der Waals surface area contributed by atoms with Gasteiger partial charge in [-0.15, -0.1) is 0 Å². The molecule has 0 saturated heterocycles. The first-order valence-corrected chi connectivity index (χ1v) is 7.87. The molecule has 20 heavy (non-hydrogen) atoms. The first-order chi connectivity index (χ1) is 9.83. The summed E-state index contributed by atoms with van der Waals surface area (Å²) < 4.78 is 0. The minimum atomic E-state index is 0.729. The lowest BCUT2D eigenvalue weighted by atomic mass is 10.1. The van der Waals surface area contributed by atoms with Gasteiger partial charge in [0.25, 0.3) is 0 Å². The van der Waals surface area contributed by atoms with E-state index >= 15 is 0 Å². The van der Waals surface area contributed by atoms with E-state index in [0.717, 1.165) is 36.6 Å². The zero-order valence-corrected chi connectivity index (χ0v) is 12.9. The van der Waals surface area contributed by atoms with Gasteiger partial charge in [-0.05, 0) is 12.8 Å². The van der Waals surface area contributed by atoms with Crippen LogP contribution in [0.3, 0.4) is 0 Å². The molecule has 0 aliphatic heterocycles. The summed E-state index contributed by atoms with van der Waals surface area (Å²) >= 11 is 0. The molecule has 0 radical (unpaired) electrons. The number of hydrogen-bond acceptors (Lipinski definition) is 5. The summed E-state index contributed by atoms with van der Waals surface area (Å²) in [5.41, 5.74) is 3.74. The van der Waals surface area contributed by atoms with Crippen molar-refractivity contribution in [2.45, 2.75) is 65.2 Å². The molecule has 0 spiro atoms. The van der Waals surface area contributed by atoms with Gasteiger partial charge in [-0.2, -0.15) is 0 Å². The molecule has 4 N–H and O–H groups in total. The average Bonchev–Trinajstić information content (AvgIpc) is 2.48. The largest absolute Gasteiger partial charge is 0.370 e. The van der Waals surface area contributed by atoms with Gasteiger partial charge < -0.3 is 10.7 Å². The summed E-state index contributed by atoms with van der Waals surface area (Å²) in [4.78, 5) is 8.50. The molecule has 5 nitrogen and oxygen atoms in total. The highest BCUT2D eigenvalue weighted by Crippen LogP contribution is 2.20. The maximum Gasteiger partial charge on any atom is 0.148 e. The molecule has 0 unspecified atom stereocenters. The Hall–Kier alpha value is -1.36. The van der Waals surface area contributed by atoms with E-state index in [0.29, 0.717) is 0 Å². The van der Waals surface area contributed by atoms with Gasteiger partial charge >= 0.3 is 0 Å². The third-order valence-corrected chi connectivity index (χ3v) is 3.40. The van der Waals surface area contributed by atoms with Crippen molar-refractivity contribution in [2.24, 2.45) is 5.84 Å². The fraction of sp³-hybridized carbons (Fsp3) is 0.733. The van der Waals surface area contributed by atoms with Crippen LogP contribution >= 0.6 is 0 Å². The fourth-order valence-electron chi connectivity index (χ4n) is 2.29. The molecule has 1 aromatic rings. The van der Waals surface area contributed by atoms with Gasteiger partial charge in [0.1, 0.15) is 18.0 Å². The molecule has 1 aromatic heterocycles. The lowest BCUT2D eigenvalue weighted by Gasteiger charge is -2.13. The van der Waals surface area contributed by atoms with Crippen LogP contribution < -0.4 is 16.6 Å². The first kappa shape index (κ1) is 16.7. The number of nitrogens with one attached hydrogen (secondary N) is 2. The van der Waals surface area contributed by atoms with Crippen LogP contribution in [0.4, 0.5) is 11.6 Å². The number of anilines is 2. The second kappa shape index (κ2) is 10.4. The second-order valence-electron chi connectivity index (χ2n) is 5.14. The maximum atomic E-state index is 5.50. The van der Waals surface area contributed by atoms with Crippen molar-refractivity contribution in [1.82, 2.24) is 9.97 Å². The number of unbranched alkanes of at least 4 members (excludes halogenated alkanes) is 5. The van der Waals surface area contributed by atoms with Crippen LogP contribution in [0, 0.1) is 0 Å². The summed E-state index contributed by atoms with van der Waals surface area (Å²) in [5, 5.41) is 3.42. The van der Waals surface area contributed by atoms with Gasteiger partial charge in [0.05, 0.1) is 0 Å². The van der Waals surface area contributed by atoms with Gasteiger partial charge in [-0.1, -0.05) is 52.4 Å². The van der Waals surface area contributed by atoms with Crippen LogP contribution in [0.5, 0.6) is 0 Å². The lowest BCUT2D eigenvalue weighted by Crippen LogP contribution is -2.14. The van der Waals surface area contributed by atoms with Gasteiger partial charge in [0, 0.05) is 12.1 Å². The topological polar surface area (TPSA) is 75.9 Å². The van der Waals surface area contributed by atoms with Crippen molar-refractivity contribution >= 4 is 11.6 Å². The Morgan fingerprint density at radius 2 is 1.65 bits per heavy atom. The smallest absolute Gasteiger partial charge is 0.148 e. The molecule has 0 aliphatic rings. The number of nitrogens with zero attached hydrogens (tertiary/aromatic N) is 2. The molecule has 0 aliphatic carbocycles. The molecule has 5 heteroatoms. The van der Waals surface area contributed by atoms with Crippen LogP contribution in [0.1, 0.15) is 64.4 Å². The van der Waals surface area contributed by atoms with Gasteiger partial charge in [0.15, 0.2) is 0 Å². The molecule has 0 atom stereocenters. The van der Waals surface area contributed by atoms with E-state index < -0.39 is 0 Å². The quantitative estimate of drug-likeness (QED) is 0.328. The Morgan fingerprint density at radius 1 is 0.950 bits per heavy atom. The number of nitrogen functional groups attached to an aromatic ring is 1. The molecular formula is C15H29N5. The highest BCUT2D eigenvalue weighted by molar-refractivity contribution is 5.56. The third kappa shape index (κ3) is 5.74. The highest BCUT2D eigenvalue weighted by Gasteiger charge is 2.09. The Labute approximate surface area is 122 Å². The van der Waals surface area contributed by atoms with E-state index in [-0.39, 0.29) is 0 Å². The van der Waals surface area contributed by atoms with Crippen molar-refractivity contribution < 1.29 is 0 Å². The van der Waals surface area contributed by atoms with Crippen LogP contribution in [0.25, 0.3) is 0 Å². The predicted molar refractivity (Wildman–Crippen MR) is 85.7 cm³/mol. The summed E-state index contributed by atoms with van der Waals surface area (Å²) in [6.45, 7) is 5.35. The van der Waals surface area contributed by atoms with E-state index in [1.165, 1.54) is 38.5 Å². The van der Waals surface area contributed by atoms with Crippen molar-refractivity contribution in [3.8, 4) is 0 Å². The molecule has 114 valence electrons. The molecule has 1 heterocycles. The van der Waals surface area contributed by atoms with E-state index in [1.54, 1.807) is 6.33 Å². The van der Waals surface area contributed by atoms with Crippen molar-refractivity contribution in [3.63, 3.8) is 0 Å². The highest BCUT2D eigenvalue weighted by atomic mass is 15.3. The van der Waals surface area contributed by atoms with Crippen molar-refractivity contribution in [1.29, 1.82) is 0 Å². The molecule has 0 amide bonds. The summed E-state index contributed by atoms with van der Waals surface area (Å²) in [5.74, 6) is 7.15. The Kier molecular flexibility index (Phi) is 8.71. The number of rotatable bonds is 11. The summed E-state index contributed by atoms with van der Waals surface area (Å²) in [6.07, 6.45) is 11.3. The minimum Gasteiger partial charge on any atom is -0.370 e. The molecular weight excluding hydrogens is 250 g/mol. The zero-order valence-electron chi connectivity index (χ0n) is 12.9. The van der Waals surface area contributed by atoms with E-state index in [9.17, 15) is 0 Å². The van der Waals surface area contributed by atoms with E-state index in [1.807, 2.05) is 0 Å². The molecule has 0 saturated carbocycles.